The van der Waals surface area contributed by atoms with E-state index in [2.05, 4.69) is 15.7 Å². The lowest BCUT2D eigenvalue weighted by Crippen LogP contribution is -2.24. The quantitative estimate of drug-likeness (QED) is 0.430. The standard InChI is InChI=1S/C26H36N4O4S/c1-15(2)21-9-17(14-27)10-22(16(3)4)23(21)29-24(31)30-35(28,34)20-12-18(25(5,6)32)11-19(13-20)26(7,8)33/h9-13,15-16,32-33H,1-8H3,(H3,28,29,30,31,34). The van der Waals surface area contributed by atoms with Crippen molar-refractivity contribution < 1.29 is 19.2 Å². The maximum Gasteiger partial charge on any atom is 0.354 e. The Bertz CT molecular complexity index is 1220. The number of amides is 2. The van der Waals surface area contributed by atoms with Crippen LogP contribution in [0.25, 0.3) is 0 Å². The van der Waals surface area contributed by atoms with Crippen LogP contribution in [-0.2, 0) is 21.1 Å². The molecule has 0 radical (unpaired) electrons. The van der Waals surface area contributed by atoms with Crippen molar-refractivity contribution in [3.8, 4) is 6.07 Å². The van der Waals surface area contributed by atoms with Crippen molar-refractivity contribution in [2.24, 2.45) is 9.50 Å². The predicted octanol–water partition coefficient (Wildman–Crippen LogP) is 5.19. The van der Waals surface area contributed by atoms with Crippen molar-refractivity contribution in [3.63, 3.8) is 0 Å². The van der Waals surface area contributed by atoms with Crippen LogP contribution in [0.4, 0.5) is 10.5 Å². The van der Waals surface area contributed by atoms with E-state index in [0.717, 1.165) is 11.1 Å². The molecule has 0 saturated carbocycles. The number of nitriles is 1. The normalized spacial score (nSPS) is 13.9. The van der Waals surface area contributed by atoms with Gasteiger partial charge in [-0.3, -0.25) is 0 Å². The molecule has 0 saturated heterocycles. The van der Waals surface area contributed by atoms with Crippen LogP contribution in [0.2, 0.25) is 0 Å². The smallest absolute Gasteiger partial charge is 0.354 e. The Balaban J connectivity index is 2.64. The highest BCUT2D eigenvalue weighted by Crippen LogP contribution is 2.34. The lowest BCUT2D eigenvalue weighted by Gasteiger charge is -2.24. The number of aliphatic hydroxyl groups is 2. The van der Waals surface area contributed by atoms with Gasteiger partial charge in [0.05, 0.1) is 27.7 Å². The SMILES string of the molecule is CC(C)c1cc(C#N)cc(C(C)C)c1NC(=O)N=S(N)(=O)c1cc(C(C)(C)O)cc(C(C)(C)O)c1. The van der Waals surface area contributed by atoms with E-state index in [-0.39, 0.29) is 16.7 Å². The van der Waals surface area contributed by atoms with Crippen molar-refractivity contribution in [2.75, 3.05) is 5.32 Å². The van der Waals surface area contributed by atoms with Crippen LogP contribution in [0.5, 0.6) is 0 Å². The second-order valence-corrected chi connectivity index (χ2v) is 12.2. The summed E-state index contributed by atoms with van der Waals surface area (Å²) in [5, 5.41) is 39.2. The first kappa shape index (κ1) is 28.5. The van der Waals surface area contributed by atoms with E-state index in [1.54, 1.807) is 45.9 Å². The van der Waals surface area contributed by atoms with E-state index in [9.17, 15) is 24.5 Å². The summed E-state index contributed by atoms with van der Waals surface area (Å²) in [4.78, 5) is 13.0. The molecule has 0 aliphatic heterocycles. The fraction of sp³-hybridized carbons (Fsp3) is 0.462. The number of nitrogens with one attached hydrogen (secondary N) is 1. The highest BCUT2D eigenvalue weighted by Gasteiger charge is 2.26. The van der Waals surface area contributed by atoms with Crippen LogP contribution in [-0.4, -0.2) is 20.5 Å². The zero-order chi connectivity index (χ0) is 26.9. The van der Waals surface area contributed by atoms with Crippen LogP contribution in [0.1, 0.15) is 95.0 Å². The molecule has 0 spiro atoms. The van der Waals surface area contributed by atoms with Gasteiger partial charge >= 0.3 is 6.03 Å². The number of nitrogens with two attached hydrogens (primary N) is 1. The highest BCUT2D eigenvalue weighted by molar-refractivity contribution is 7.91. The van der Waals surface area contributed by atoms with Gasteiger partial charge in [0, 0.05) is 5.69 Å². The van der Waals surface area contributed by atoms with Gasteiger partial charge in [0.2, 0.25) is 0 Å². The summed E-state index contributed by atoms with van der Waals surface area (Å²) < 4.78 is 17.2. The number of rotatable bonds is 6. The molecule has 2 amide bonds. The minimum atomic E-state index is -3.74. The average molecular weight is 501 g/mol. The number of carbonyl (C=O) groups excluding carboxylic acids is 1. The number of hydrogen-bond donors (Lipinski definition) is 4. The second-order valence-electron chi connectivity index (χ2n) is 10.4. The number of hydrogen-bond acceptors (Lipinski definition) is 5. The van der Waals surface area contributed by atoms with Gasteiger partial charge in [-0.25, -0.2) is 14.1 Å². The molecule has 2 rings (SSSR count). The third kappa shape index (κ3) is 6.89. The molecule has 0 bridgehead atoms. The van der Waals surface area contributed by atoms with Crippen LogP contribution in [0.3, 0.4) is 0 Å². The van der Waals surface area contributed by atoms with Gasteiger partial charge in [0.25, 0.3) is 0 Å². The van der Waals surface area contributed by atoms with E-state index >= 15 is 0 Å². The highest BCUT2D eigenvalue weighted by atomic mass is 32.2. The molecule has 0 aliphatic carbocycles. The van der Waals surface area contributed by atoms with Gasteiger partial charge < -0.3 is 15.5 Å². The maximum absolute atomic E-state index is 13.4. The summed E-state index contributed by atoms with van der Waals surface area (Å²) >= 11 is 0. The van der Waals surface area contributed by atoms with E-state index in [4.69, 9.17) is 5.14 Å². The van der Waals surface area contributed by atoms with Gasteiger partial charge in [-0.1, -0.05) is 33.8 Å². The first-order valence-electron chi connectivity index (χ1n) is 11.4. The maximum atomic E-state index is 13.4. The zero-order valence-corrected chi connectivity index (χ0v) is 22.4. The topological polar surface area (TPSA) is 149 Å². The largest absolute Gasteiger partial charge is 0.386 e. The number of anilines is 1. The molecule has 1 atom stereocenters. The first-order chi connectivity index (χ1) is 15.9. The lowest BCUT2D eigenvalue weighted by molar-refractivity contribution is 0.0713. The molecule has 35 heavy (non-hydrogen) atoms. The average Bonchev–Trinajstić information content (AvgIpc) is 2.71. The van der Waals surface area contributed by atoms with Crippen LogP contribution in [0, 0.1) is 11.3 Å². The Kier molecular flexibility index (Phi) is 8.19. The molecule has 5 N–H and O–H groups in total. The van der Waals surface area contributed by atoms with Crippen molar-refractivity contribution in [1.82, 2.24) is 0 Å². The molecule has 2 aromatic rings. The summed E-state index contributed by atoms with van der Waals surface area (Å²) in [6.07, 6.45) is 0. The van der Waals surface area contributed by atoms with Gasteiger partial charge in [0.1, 0.15) is 9.92 Å². The Morgan fingerprint density at radius 2 is 1.40 bits per heavy atom. The predicted molar refractivity (Wildman–Crippen MR) is 138 cm³/mol. The molecule has 8 nitrogen and oxygen atoms in total. The minimum Gasteiger partial charge on any atom is -0.386 e. The molecule has 0 heterocycles. The summed E-state index contributed by atoms with van der Waals surface area (Å²) in [5.74, 6) is -0.00714. The molecule has 9 heteroatoms. The number of nitrogens with zero attached hydrogens (tertiary/aromatic N) is 2. The van der Waals surface area contributed by atoms with E-state index < -0.39 is 27.1 Å². The molecule has 2 aromatic carbocycles. The molecular weight excluding hydrogens is 464 g/mol. The number of urea groups is 1. The summed E-state index contributed by atoms with van der Waals surface area (Å²) in [7, 11) is -3.74. The van der Waals surface area contributed by atoms with E-state index in [1.807, 2.05) is 27.7 Å². The molecule has 1 unspecified atom stereocenters. The third-order valence-electron chi connectivity index (χ3n) is 5.68. The van der Waals surface area contributed by atoms with E-state index in [0.29, 0.717) is 22.4 Å². The van der Waals surface area contributed by atoms with Crippen molar-refractivity contribution in [3.05, 3.63) is 58.1 Å². The van der Waals surface area contributed by atoms with Gasteiger partial charge in [-0.15, -0.1) is 4.36 Å². The van der Waals surface area contributed by atoms with Crippen molar-refractivity contribution in [2.45, 2.75) is 83.3 Å². The summed E-state index contributed by atoms with van der Waals surface area (Å²) in [6.45, 7) is 14.0. The van der Waals surface area contributed by atoms with Crippen molar-refractivity contribution in [1.29, 1.82) is 5.26 Å². The molecular formula is C26H36N4O4S. The van der Waals surface area contributed by atoms with Crippen LogP contribution in [0.15, 0.2) is 39.6 Å². The number of benzene rings is 2. The lowest BCUT2D eigenvalue weighted by atomic mass is 9.90. The van der Waals surface area contributed by atoms with E-state index in [1.165, 1.54) is 12.1 Å². The Hall–Kier alpha value is -2.77. The minimum absolute atomic E-state index is 0.00357. The Morgan fingerprint density at radius 3 is 1.74 bits per heavy atom. The fourth-order valence-electron chi connectivity index (χ4n) is 3.59. The van der Waals surface area contributed by atoms with Crippen molar-refractivity contribution >= 4 is 21.6 Å². The summed E-state index contributed by atoms with van der Waals surface area (Å²) in [6, 6.07) is 9.13. The Morgan fingerprint density at radius 1 is 0.971 bits per heavy atom. The van der Waals surface area contributed by atoms with Gasteiger partial charge in [-0.2, -0.15) is 5.26 Å². The summed E-state index contributed by atoms with van der Waals surface area (Å²) in [5.41, 5.74) is 0.636. The van der Waals surface area contributed by atoms with Gasteiger partial charge in [-0.05, 0) is 86.1 Å². The fourth-order valence-corrected chi connectivity index (χ4v) is 4.58. The molecule has 0 aliphatic rings. The van der Waals surface area contributed by atoms with Crippen LogP contribution >= 0.6 is 0 Å². The van der Waals surface area contributed by atoms with Gasteiger partial charge in [0.15, 0.2) is 0 Å². The Labute approximate surface area is 208 Å². The second kappa shape index (κ2) is 10.1. The van der Waals surface area contributed by atoms with Crippen LogP contribution < -0.4 is 10.5 Å². The molecule has 0 aromatic heterocycles. The monoisotopic (exact) mass is 500 g/mol. The third-order valence-corrected chi connectivity index (χ3v) is 7.03. The number of carbonyl (C=O) groups is 1. The molecule has 0 fully saturated rings. The zero-order valence-electron chi connectivity index (χ0n) is 21.6. The first-order valence-corrected chi connectivity index (χ1v) is 13.0. The molecule has 190 valence electrons.